The monoisotopic (exact) mass is 461 g/mol. The van der Waals surface area contributed by atoms with Crippen molar-refractivity contribution in [1.29, 1.82) is 0 Å². The zero-order valence-electron chi connectivity index (χ0n) is 18.0. The maximum Gasteiger partial charge on any atom is 0.416 e. The summed E-state index contributed by atoms with van der Waals surface area (Å²) in [6, 6.07) is 8.63. The lowest BCUT2D eigenvalue weighted by Gasteiger charge is -2.33. The average molecular weight is 461 g/mol. The van der Waals surface area contributed by atoms with Gasteiger partial charge in [-0.3, -0.25) is 0 Å². The summed E-state index contributed by atoms with van der Waals surface area (Å²) < 4.78 is 53.0. The number of benzene rings is 2. The summed E-state index contributed by atoms with van der Waals surface area (Å²) in [6.45, 7) is 4.97. The molecule has 1 aliphatic heterocycles. The SMILES string of the molecule is CCOc1ccc(Oc2ccc(C(F)(F)F)cc2NC(=O)N2CCn3cnnc3C2C)cc1. The van der Waals surface area contributed by atoms with Crippen LogP contribution in [-0.4, -0.2) is 38.8 Å². The predicted octanol–water partition coefficient (Wildman–Crippen LogP) is 5.10. The van der Waals surface area contributed by atoms with Gasteiger partial charge in [0.05, 0.1) is 23.9 Å². The molecule has 1 unspecified atom stereocenters. The summed E-state index contributed by atoms with van der Waals surface area (Å²) in [5, 5.41) is 10.5. The first-order valence-electron chi connectivity index (χ1n) is 10.3. The second-order valence-electron chi connectivity index (χ2n) is 7.40. The molecule has 33 heavy (non-hydrogen) atoms. The Bertz CT molecular complexity index is 1130. The Morgan fingerprint density at radius 1 is 1.15 bits per heavy atom. The highest BCUT2D eigenvalue weighted by Gasteiger charge is 2.33. The van der Waals surface area contributed by atoms with E-state index >= 15 is 0 Å². The molecule has 2 aromatic carbocycles. The zero-order valence-corrected chi connectivity index (χ0v) is 18.0. The number of fused-ring (bicyclic) bond motifs is 1. The Kier molecular flexibility index (Phi) is 6.12. The van der Waals surface area contributed by atoms with E-state index in [1.807, 2.05) is 11.5 Å². The third-order valence-corrected chi connectivity index (χ3v) is 5.24. The second kappa shape index (κ2) is 9.00. The Labute approximate surface area is 187 Å². The smallest absolute Gasteiger partial charge is 0.416 e. The van der Waals surface area contributed by atoms with Crippen LogP contribution in [-0.2, 0) is 12.7 Å². The number of urea groups is 1. The molecule has 1 atom stereocenters. The number of ether oxygens (including phenoxy) is 2. The number of carbonyl (C=O) groups is 1. The highest BCUT2D eigenvalue weighted by molar-refractivity contribution is 5.91. The van der Waals surface area contributed by atoms with Gasteiger partial charge in [0.25, 0.3) is 0 Å². The van der Waals surface area contributed by atoms with E-state index in [0.717, 1.165) is 12.1 Å². The number of nitrogens with one attached hydrogen (secondary N) is 1. The van der Waals surface area contributed by atoms with E-state index in [1.54, 1.807) is 37.5 Å². The number of hydrogen-bond donors (Lipinski definition) is 1. The van der Waals surface area contributed by atoms with Gasteiger partial charge in [0.1, 0.15) is 17.8 Å². The van der Waals surface area contributed by atoms with Crippen molar-refractivity contribution in [3.05, 3.63) is 60.2 Å². The largest absolute Gasteiger partial charge is 0.494 e. The van der Waals surface area contributed by atoms with Crippen molar-refractivity contribution >= 4 is 11.7 Å². The first kappa shape index (κ1) is 22.4. The number of carbonyl (C=O) groups excluding carboxylic acids is 1. The number of anilines is 1. The normalized spacial score (nSPS) is 15.7. The van der Waals surface area contributed by atoms with Crippen LogP contribution < -0.4 is 14.8 Å². The van der Waals surface area contributed by atoms with Gasteiger partial charge in [0, 0.05) is 13.1 Å². The Morgan fingerprint density at radius 3 is 2.58 bits per heavy atom. The summed E-state index contributed by atoms with van der Waals surface area (Å²) in [5.74, 6) is 1.70. The summed E-state index contributed by atoms with van der Waals surface area (Å²) in [6.07, 6.45) is -3.00. The van der Waals surface area contributed by atoms with Crippen LogP contribution in [0.25, 0.3) is 0 Å². The minimum atomic E-state index is -4.58. The minimum Gasteiger partial charge on any atom is -0.494 e. The second-order valence-corrected chi connectivity index (χ2v) is 7.40. The van der Waals surface area contributed by atoms with Gasteiger partial charge < -0.3 is 24.3 Å². The van der Waals surface area contributed by atoms with Crippen molar-refractivity contribution < 1.29 is 27.4 Å². The van der Waals surface area contributed by atoms with E-state index in [1.165, 1.54) is 11.0 Å². The fourth-order valence-corrected chi connectivity index (χ4v) is 3.56. The van der Waals surface area contributed by atoms with Crippen LogP contribution >= 0.6 is 0 Å². The van der Waals surface area contributed by atoms with Crippen LogP contribution in [0.4, 0.5) is 23.7 Å². The lowest BCUT2D eigenvalue weighted by atomic mass is 10.1. The molecular formula is C22H22F3N5O3. The lowest BCUT2D eigenvalue weighted by Crippen LogP contribution is -2.43. The first-order valence-corrected chi connectivity index (χ1v) is 10.3. The van der Waals surface area contributed by atoms with E-state index in [0.29, 0.717) is 37.0 Å². The number of hydrogen-bond acceptors (Lipinski definition) is 5. The fourth-order valence-electron chi connectivity index (χ4n) is 3.56. The van der Waals surface area contributed by atoms with E-state index in [9.17, 15) is 18.0 Å². The van der Waals surface area contributed by atoms with Gasteiger partial charge in [-0.15, -0.1) is 10.2 Å². The zero-order chi connectivity index (χ0) is 23.6. The third-order valence-electron chi connectivity index (χ3n) is 5.24. The molecule has 4 rings (SSSR count). The van der Waals surface area contributed by atoms with Gasteiger partial charge in [0.2, 0.25) is 0 Å². The summed E-state index contributed by atoms with van der Waals surface area (Å²) >= 11 is 0. The number of amides is 2. The molecule has 11 heteroatoms. The number of halogens is 3. The molecule has 0 saturated carbocycles. The molecule has 3 aromatic rings. The van der Waals surface area contributed by atoms with Crippen molar-refractivity contribution in [2.75, 3.05) is 18.5 Å². The predicted molar refractivity (Wildman–Crippen MR) is 113 cm³/mol. The van der Waals surface area contributed by atoms with Crippen LogP contribution in [0.15, 0.2) is 48.8 Å². The Morgan fingerprint density at radius 2 is 1.88 bits per heavy atom. The number of aromatic nitrogens is 3. The van der Waals surface area contributed by atoms with Gasteiger partial charge in [-0.05, 0) is 56.3 Å². The molecule has 2 amide bonds. The molecule has 0 bridgehead atoms. The summed E-state index contributed by atoms with van der Waals surface area (Å²) in [4.78, 5) is 14.5. The number of rotatable bonds is 5. The van der Waals surface area contributed by atoms with Crippen molar-refractivity contribution in [2.24, 2.45) is 0 Å². The van der Waals surface area contributed by atoms with Crippen molar-refractivity contribution in [3.8, 4) is 17.2 Å². The molecule has 0 radical (unpaired) electrons. The molecule has 0 fully saturated rings. The minimum absolute atomic E-state index is 0.0772. The van der Waals surface area contributed by atoms with Crippen LogP contribution in [0, 0.1) is 0 Å². The molecule has 1 aromatic heterocycles. The molecule has 1 N–H and O–H groups in total. The molecule has 0 aliphatic carbocycles. The lowest BCUT2D eigenvalue weighted by molar-refractivity contribution is -0.137. The fraction of sp³-hybridized carbons (Fsp3) is 0.318. The summed E-state index contributed by atoms with van der Waals surface area (Å²) in [7, 11) is 0. The van der Waals surface area contributed by atoms with Gasteiger partial charge >= 0.3 is 12.2 Å². The van der Waals surface area contributed by atoms with Gasteiger partial charge in [-0.2, -0.15) is 13.2 Å². The van der Waals surface area contributed by atoms with Gasteiger partial charge in [-0.25, -0.2) is 4.79 Å². The molecular weight excluding hydrogens is 439 g/mol. The average Bonchev–Trinajstić information content (AvgIpc) is 3.26. The first-order chi connectivity index (χ1) is 15.8. The van der Waals surface area contributed by atoms with Crippen LogP contribution in [0.5, 0.6) is 17.2 Å². The van der Waals surface area contributed by atoms with E-state index in [-0.39, 0.29) is 11.4 Å². The van der Waals surface area contributed by atoms with E-state index < -0.39 is 23.8 Å². The van der Waals surface area contributed by atoms with E-state index in [2.05, 4.69) is 15.5 Å². The van der Waals surface area contributed by atoms with Crippen molar-refractivity contribution in [2.45, 2.75) is 32.6 Å². The third kappa shape index (κ3) is 4.86. The van der Waals surface area contributed by atoms with Gasteiger partial charge in [-0.1, -0.05) is 0 Å². The molecule has 8 nitrogen and oxygen atoms in total. The Hall–Kier alpha value is -3.76. The summed E-state index contributed by atoms with van der Waals surface area (Å²) in [5.41, 5.74) is -0.994. The molecule has 0 saturated heterocycles. The van der Waals surface area contributed by atoms with E-state index in [4.69, 9.17) is 9.47 Å². The highest BCUT2D eigenvalue weighted by Crippen LogP contribution is 2.37. The molecule has 1 aliphatic rings. The van der Waals surface area contributed by atoms with Crippen LogP contribution in [0.3, 0.4) is 0 Å². The molecule has 0 spiro atoms. The quantitative estimate of drug-likeness (QED) is 0.572. The number of nitrogens with zero attached hydrogens (tertiary/aromatic N) is 4. The standard InChI is InChI=1S/C22H22F3N5O3/c1-3-32-16-5-7-17(8-6-16)33-19-9-4-15(22(23,24)25)12-18(19)27-21(31)30-11-10-29-13-26-28-20(29)14(30)2/h4-9,12-14H,3,10-11H2,1-2H3,(H,27,31). The topological polar surface area (TPSA) is 81.5 Å². The maximum atomic E-state index is 13.3. The molecule has 2 heterocycles. The van der Waals surface area contributed by atoms with Crippen LogP contribution in [0.2, 0.25) is 0 Å². The van der Waals surface area contributed by atoms with Crippen LogP contribution in [0.1, 0.15) is 31.3 Å². The van der Waals surface area contributed by atoms with Crippen molar-refractivity contribution in [3.63, 3.8) is 0 Å². The maximum absolute atomic E-state index is 13.3. The number of alkyl halides is 3. The molecule has 174 valence electrons. The van der Waals surface area contributed by atoms with Crippen molar-refractivity contribution in [1.82, 2.24) is 19.7 Å². The Balaban J connectivity index is 1.59. The highest BCUT2D eigenvalue weighted by atomic mass is 19.4. The van der Waals surface area contributed by atoms with Gasteiger partial charge in [0.15, 0.2) is 11.6 Å².